The third-order valence-electron chi connectivity index (χ3n) is 3.28. The highest BCUT2D eigenvalue weighted by molar-refractivity contribution is 9.10. The number of hydrogen-bond donors (Lipinski definition) is 1. The summed E-state index contributed by atoms with van der Waals surface area (Å²) in [5.74, 6) is 0.183. The quantitative estimate of drug-likeness (QED) is 0.861. The third kappa shape index (κ3) is 3.53. The molecule has 1 aliphatic rings. The summed E-state index contributed by atoms with van der Waals surface area (Å²) in [4.78, 5) is 21.5. The van der Waals surface area contributed by atoms with Crippen molar-refractivity contribution < 1.29 is 9.90 Å². The Morgan fingerprint density at radius 1 is 1.53 bits per heavy atom. The summed E-state index contributed by atoms with van der Waals surface area (Å²) in [5.41, 5.74) is 1.02. The predicted octanol–water partition coefficient (Wildman–Crippen LogP) is 2.49. The lowest BCUT2D eigenvalue weighted by Crippen LogP contribution is -2.36. The van der Waals surface area contributed by atoms with Crippen LogP contribution in [0.4, 0.5) is 5.95 Å². The largest absolute Gasteiger partial charge is 0.481 e. The summed E-state index contributed by atoms with van der Waals surface area (Å²) < 4.78 is 0.849. The van der Waals surface area contributed by atoms with E-state index in [0.717, 1.165) is 23.0 Å². The van der Waals surface area contributed by atoms with Gasteiger partial charge in [-0.1, -0.05) is 18.6 Å². The molecule has 1 atom stereocenters. The van der Waals surface area contributed by atoms with Gasteiger partial charge in [0.25, 0.3) is 0 Å². The topological polar surface area (TPSA) is 66.3 Å². The highest BCUT2D eigenvalue weighted by atomic mass is 79.9. The van der Waals surface area contributed by atoms with Crippen LogP contribution in [0.3, 0.4) is 0 Å². The van der Waals surface area contributed by atoms with E-state index < -0.39 is 5.97 Å². The Morgan fingerprint density at radius 2 is 2.21 bits per heavy atom. The molecule has 0 amide bonds. The predicted molar refractivity (Wildman–Crippen MR) is 76.1 cm³/mol. The van der Waals surface area contributed by atoms with Crippen molar-refractivity contribution in [3.05, 3.63) is 28.5 Å². The molecule has 1 aliphatic heterocycles. The van der Waals surface area contributed by atoms with Crippen LogP contribution in [-0.4, -0.2) is 34.1 Å². The van der Waals surface area contributed by atoms with Crippen molar-refractivity contribution in [3.8, 4) is 0 Å². The second kappa shape index (κ2) is 6.14. The van der Waals surface area contributed by atoms with E-state index >= 15 is 0 Å². The Kier molecular flexibility index (Phi) is 4.52. The molecular weight excluding hydrogens is 310 g/mol. The summed E-state index contributed by atoms with van der Waals surface area (Å²) in [6.07, 6.45) is 6.50. The van der Waals surface area contributed by atoms with Crippen LogP contribution in [0.1, 0.15) is 19.8 Å². The normalized spacial score (nSPS) is 19.2. The van der Waals surface area contributed by atoms with Crippen LogP contribution in [-0.2, 0) is 4.79 Å². The van der Waals surface area contributed by atoms with Gasteiger partial charge in [-0.2, -0.15) is 0 Å². The number of aliphatic carboxylic acids is 1. The molecule has 6 heteroatoms. The number of rotatable bonds is 4. The first kappa shape index (κ1) is 14.0. The SMILES string of the molecule is CCC1CN(c2ncc(Br)cn2)CC=C1CC(=O)O. The average molecular weight is 326 g/mol. The summed E-state index contributed by atoms with van der Waals surface area (Å²) in [6, 6.07) is 0. The van der Waals surface area contributed by atoms with E-state index in [1.807, 2.05) is 6.08 Å². The lowest BCUT2D eigenvalue weighted by atomic mass is 9.90. The van der Waals surface area contributed by atoms with Gasteiger partial charge in [-0.05, 0) is 28.3 Å². The van der Waals surface area contributed by atoms with E-state index in [9.17, 15) is 4.79 Å². The summed E-state index contributed by atoms with van der Waals surface area (Å²) in [6.45, 7) is 3.52. The zero-order chi connectivity index (χ0) is 13.8. The van der Waals surface area contributed by atoms with Gasteiger partial charge in [0, 0.05) is 25.5 Å². The highest BCUT2D eigenvalue weighted by Crippen LogP contribution is 2.26. The van der Waals surface area contributed by atoms with Crippen molar-refractivity contribution in [1.82, 2.24) is 9.97 Å². The standard InChI is InChI=1S/C13H16BrN3O2/c1-2-9-8-17(4-3-10(9)5-12(18)19)13-15-6-11(14)7-16-13/h3,6-7,9H,2,4-5,8H2,1H3,(H,18,19). The minimum Gasteiger partial charge on any atom is -0.481 e. The van der Waals surface area contributed by atoms with Crippen molar-refractivity contribution in [3.63, 3.8) is 0 Å². The van der Waals surface area contributed by atoms with Gasteiger partial charge in [-0.25, -0.2) is 9.97 Å². The minimum absolute atomic E-state index is 0.132. The fraction of sp³-hybridized carbons (Fsp3) is 0.462. The van der Waals surface area contributed by atoms with Crippen LogP contribution in [0.15, 0.2) is 28.5 Å². The molecule has 1 aromatic heterocycles. The maximum atomic E-state index is 10.8. The average Bonchev–Trinajstić information content (AvgIpc) is 2.39. The van der Waals surface area contributed by atoms with Gasteiger partial charge < -0.3 is 10.0 Å². The van der Waals surface area contributed by atoms with Crippen molar-refractivity contribution in [2.45, 2.75) is 19.8 Å². The van der Waals surface area contributed by atoms with Crippen LogP contribution >= 0.6 is 15.9 Å². The molecule has 19 heavy (non-hydrogen) atoms. The molecule has 1 N–H and O–H groups in total. The van der Waals surface area contributed by atoms with Gasteiger partial charge in [0.05, 0.1) is 10.9 Å². The fourth-order valence-corrected chi connectivity index (χ4v) is 2.47. The number of carbonyl (C=O) groups is 1. The number of hydrogen-bond acceptors (Lipinski definition) is 4. The molecule has 0 spiro atoms. The summed E-state index contributed by atoms with van der Waals surface area (Å²) >= 11 is 3.31. The smallest absolute Gasteiger partial charge is 0.307 e. The molecule has 0 radical (unpaired) electrons. The number of nitrogens with zero attached hydrogens (tertiary/aromatic N) is 3. The molecule has 1 unspecified atom stereocenters. The molecular formula is C13H16BrN3O2. The first-order valence-electron chi connectivity index (χ1n) is 6.23. The van der Waals surface area contributed by atoms with E-state index in [1.165, 1.54) is 0 Å². The number of carboxylic acid groups (broad SMARTS) is 1. The Morgan fingerprint density at radius 3 is 2.79 bits per heavy atom. The molecule has 0 fully saturated rings. The van der Waals surface area contributed by atoms with Gasteiger partial charge in [-0.3, -0.25) is 4.79 Å². The zero-order valence-electron chi connectivity index (χ0n) is 10.7. The maximum Gasteiger partial charge on any atom is 0.307 e. The minimum atomic E-state index is -0.766. The Hall–Kier alpha value is -1.43. The Bertz CT molecular complexity index is 487. The lowest BCUT2D eigenvalue weighted by molar-refractivity contribution is -0.136. The van der Waals surface area contributed by atoms with Crippen LogP contribution in [0.5, 0.6) is 0 Å². The number of anilines is 1. The molecule has 0 aliphatic carbocycles. The Balaban J connectivity index is 2.13. The second-order valence-electron chi connectivity index (χ2n) is 4.56. The van der Waals surface area contributed by atoms with Crippen molar-refractivity contribution in [2.24, 2.45) is 5.92 Å². The number of aromatic nitrogens is 2. The lowest BCUT2D eigenvalue weighted by Gasteiger charge is -2.32. The van der Waals surface area contributed by atoms with Crippen LogP contribution < -0.4 is 4.90 Å². The van der Waals surface area contributed by atoms with Gasteiger partial charge in [-0.15, -0.1) is 0 Å². The van der Waals surface area contributed by atoms with Crippen molar-refractivity contribution in [2.75, 3.05) is 18.0 Å². The van der Waals surface area contributed by atoms with Crippen LogP contribution in [0, 0.1) is 5.92 Å². The van der Waals surface area contributed by atoms with E-state index in [4.69, 9.17) is 5.11 Å². The van der Waals surface area contributed by atoms with E-state index in [1.54, 1.807) is 12.4 Å². The fourth-order valence-electron chi connectivity index (χ4n) is 2.27. The molecule has 0 saturated heterocycles. The molecule has 2 rings (SSSR count). The molecule has 2 heterocycles. The van der Waals surface area contributed by atoms with Gasteiger partial charge >= 0.3 is 5.97 Å². The molecule has 0 bridgehead atoms. The van der Waals surface area contributed by atoms with Gasteiger partial charge in [0.15, 0.2) is 0 Å². The van der Waals surface area contributed by atoms with Gasteiger partial charge in [0.1, 0.15) is 0 Å². The number of carboxylic acids is 1. The molecule has 5 nitrogen and oxygen atoms in total. The van der Waals surface area contributed by atoms with Gasteiger partial charge in [0.2, 0.25) is 5.95 Å². The number of halogens is 1. The van der Waals surface area contributed by atoms with Crippen LogP contribution in [0.2, 0.25) is 0 Å². The first-order chi connectivity index (χ1) is 9.10. The third-order valence-corrected chi connectivity index (χ3v) is 3.69. The Labute approximate surface area is 120 Å². The van der Waals surface area contributed by atoms with Crippen molar-refractivity contribution in [1.29, 1.82) is 0 Å². The molecule has 0 aromatic carbocycles. The van der Waals surface area contributed by atoms with Crippen molar-refractivity contribution >= 4 is 27.8 Å². The summed E-state index contributed by atoms with van der Waals surface area (Å²) in [5, 5.41) is 8.91. The summed E-state index contributed by atoms with van der Waals surface area (Å²) in [7, 11) is 0. The molecule has 0 saturated carbocycles. The molecule has 1 aromatic rings. The van der Waals surface area contributed by atoms with Crippen LogP contribution in [0.25, 0.3) is 0 Å². The van der Waals surface area contributed by atoms with E-state index in [0.29, 0.717) is 12.5 Å². The second-order valence-corrected chi connectivity index (χ2v) is 5.48. The highest BCUT2D eigenvalue weighted by Gasteiger charge is 2.24. The maximum absolute atomic E-state index is 10.8. The monoisotopic (exact) mass is 325 g/mol. The first-order valence-corrected chi connectivity index (χ1v) is 7.02. The molecule has 102 valence electrons. The van der Waals surface area contributed by atoms with E-state index in [2.05, 4.69) is 37.7 Å². The van der Waals surface area contributed by atoms with E-state index in [-0.39, 0.29) is 12.3 Å². The zero-order valence-corrected chi connectivity index (χ0v) is 12.3.